The summed E-state index contributed by atoms with van der Waals surface area (Å²) in [7, 11) is 0. The van der Waals surface area contributed by atoms with Crippen LogP contribution >= 0.6 is 0 Å². The standard InChI is InChI=1S/C19H38O2/c1-9-11-15(18(3,4)5)16(19(6,7)8)13-12-14(10-2)17(20)21/h14-16H,9-13H2,1-8H3,(H,20,21). The molecule has 0 amide bonds. The molecule has 0 radical (unpaired) electrons. The van der Waals surface area contributed by atoms with Gasteiger partial charge in [0.1, 0.15) is 0 Å². The fourth-order valence-corrected chi connectivity index (χ4v) is 3.67. The number of hydrogen-bond acceptors (Lipinski definition) is 1. The molecule has 0 saturated heterocycles. The van der Waals surface area contributed by atoms with Gasteiger partial charge in [-0.1, -0.05) is 61.8 Å². The van der Waals surface area contributed by atoms with Crippen LogP contribution in [0, 0.1) is 28.6 Å². The van der Waals surface area contributed by atoms with Crippen LogP contribution in [0.25, 0.3) is 0 Å². The van der Waals surface area contributed by atoms with Crippen molar-refractivity contribution in [2.24, 2.45) is 28.6 Å². The van der Waals surface area contributed by atoms with Crippen molar-refractivity contribution in [2.45, 2.75) is 87.5 Å². The van der Waals surface area contributed by atoms with Crippen LogP contribution in [0.3, 0.4) is 0 Å². The summed E-state index contributed by atoms with van der Waals surface area (Å²) in [4.78, 5) is 11.3. The predicted molar refractivity (Wildman–Crippen MR) is 91.4 cm³/mol. The third-order valence-electron chi connectivity index (χ3n) is 4.98. The van der Waals surface area contributed by atoms with Crippen LogP contribution in [0.5, 0.6) is 0 Å². The lowest BCUT2D eigenvalue weighted by molar-refractivity contribution is -0.142. The molecule has 0 heterocycles. The molecule has 0 saturated carbocycles. The molecular weight excluding hydrogens is 260 g/mol. The molecule has 0 bridgehead atoms. The van der Waals surface area contributed by atoms with Gasteiger partial charge in [0.25, 0.3) is 0 Å². The summed E-state index contributed by atoms with van der Waals surface area (Å²) in [5, 5.41) is 9.29. The molecule has 1 N–H and O–H groups in total. The van der Waals surface area contributed by atoms with E-state index in [2.05, 4.69) is 48.5 Å². The second-order valence-electron chi connectivity index (χ2n) is 8.75. The van der Waals surface area contributed by atoms with Crippen molar-refractivity contribution in [3.63, 3.8) is 0 Å². The van der Waals surface area contributed by atoms with Crippen LogP contribution < -0.4 is 0 Å². The first-order valence-corrected chi connectivity index (χ1v) is 8.67. The molecular formula is C19H38O2. The van der Waals surface area contributed by atoms with Gasteiger partial charge in [-0.25, -0.2) is 0 Å². The van der Waals surface area contributed by atoms with E-state index in [1.807, 2.05) is 6.92 Å². The third kappa shape index (κ3) is 6.84. The van der Waals surface area contributed by atoms with Gasteiger partial charge in [0.05, 0.1) is 5.92 Å². The normalized spacial score (nSPS) is 17.3. The van der Waals surface area contributed by atoms with Gasteiger partial charge in [-0.05, 0) is 48.3 Å². The molecule has 0 fully saturated rings. The number of rotatable bonds is 8. The maximum absolute atomic E-state index is 11.3. The molecule has 0 spiro atoms. The van der Waals surface area contributed by atoms with Crippen molar-refractivity contribution in [1.29, 1.82) is 0 Å². The molecule has 0 aromatic rings. The van der Waals surface area contributed by atoms with Crippen molar-refractivity contribution >= 4 is 5.97 Å². The molecule has 0 aromatic heterocycles. The third-order valence-corrected chi connectivity index (χ3v) is 4.98. The molecule has 0 aliphatic carbocycles. The zero-order valence-electron chi connectivity index (χ0n) is 15.6. The molecule has 2 heteroatoms. The van der Waals surface area contributed by atoms with E-state index in [9.17, 15) is 9.90 Å². The van der Waals surface area contributed by atoms with E-state index in [0.717, 1.165) is 19.3 Å². The second kappa shape index (κ2) is 8.19. The SMILES string of the molecule is CCCC(C(CCC(CC)C(=O)O)C(C)(C)C)C(C)(C)C. The Balaban J connectivity index is 5.15. The van der Waals surface area contributed by atoms with Crippen LogP contribution in [0.2, 0.25) is 0 Å². The summed E-state index contributed by atoms with van der Waals surface area (Å²) in [5.74, 6) is 0.407. The number of hydrogen-bond donors (Lipinski definition) is 1. The van der Waals surface area contributed by atoms with Gasteiger partial charge in [-0.3, -0.25) is 4.79 Å². The zero-order chi connectivity index (χ0) is 16.8. The van der Waals surface area contributed by atoms with E-state index in [1.54, 1.807) is 0 Å². The maximum Gasteiger partial charge on any atom is 0.306 e. The van der Waals surface area contributed by atoms with Crippen molar-refractivity contribution in [1.82, 2.24) is 0 Å². The Labute approximate surface area is 132 Å². The number of aliphatic carboxylic acids is 1. The quantitative estimate of drug-likeness (QED) is 0.596. The summed E-state index contributed by atoms with van der Waals surface area (Å²) in [6.45, 7) is 18.2. The summed E-state index contributed by atoms with van der Waals surface area (Å²) < 4.78 is 0. The first kappa shape index (κ1) is 20.5. The molecule has 0 rings (SSSR count). The fraction of sp³-hybridized carbons (Fsp3) is 0.947. The number of carboxylic acids is 1. The van der Waals surface area contributed by atoms with E-state index in [0.29, 0.717) is 11.8 Å². The van der Waals surface area contributed by atoms with Crippen LogP contribution in [0.4, 0.5) is 0 Å². The second-order valence-corrected chi connectivity index (χ2v) is 8.75. The van der Waals surface area contributed by atoms with Crippen LogP contribution in [-0.2, 0) is 4.79 Å². The topological polar surface area (TPSA) is 37.3 Å². The molecule has 2 nitrogen and oxygen atoms in total. The van der Waals surface area contributed by atoms with E-state index >= 15 is 0 Å². The van der Waals surface area contributed by atoms with E-state index in [-0.39, 0.29) is 16.7 Å². The molecule has 0 aliphatic heterocycles. The van der Waals surface area contributed by atoms with E-state index in [1.165, 1.54) is 12.8 Å². The Morgan fingerprint density at radius 2 is 1.29 bits per heavy atom. The summed E-state index contributed by atoms with van der Waals surface area (Å²) in [5.41, 5.74) is 0.503. The zero-order valence-corrected chi connectivity index (χ0v) is 15.6. The molecule has 21 heavy (non-hydrogen) atoms. The minimum absolute atomic E-state index is 0.183. The lowest BCUT2D eigenvalue weighted by atomic mass is 9.61. The Kier molecular flexibility index (Phi) is 7.99. The van der Waals surface area contributed by atoms with Gasteiger partial charge in [-0.15, -0.1) is 0 Å². The van der Waals surface area contributed by atoms with Gasteiger partial charge in [-0.2, -0.15) is 0 Å². The van der Waals surface area contributed by atoms with Gasteiger partial charge >= 0.3 is 5.97 Å². The molecule has 3 unspecified atom stereocenters. The highest BCUT2D eigenvalue weighted by atomic mass is 16.4. The predicted octanol–water partition coefficient (Wildman–Crippen LogP) is 6.00. The largest absolute Gasteiger partial charge is 0.481 e. The van der Waals surface area contributed by atoms with Crippen LogP contribution in [0.1, 0.15) is 87.5 Å². The summed E-state index contributed by atoms with van der Waals surface area (Å²) >= 11 is 0. The smallest absolute Gasteiger partial charge is 0.306 e. The highest BCUT2D eigenvalue weighted by molar-refractivity contribution is 5.69. The van der Waals surface area contributed by atoms with Crippen molar-refractivity contribution in [2.75, 3.05) is 0 Å². The molecule has 3 atom stereocenters. The van der Waals surface area contributed by atoms with Crippen molar-refractivity contribution in [3.8, 4) is 0 Å². The highest BCUT2D eigenvalue weighted by Crippen LogP contribution is 2.46. The van der Waals surface area contributed by atoms with Crippen molar-refractivity contribution < 1.29 is 9.90 Å². The minimum Gasteiger partial charge on any atom is -0.481 e. The maximum atomic E-state index is 11.3. The van der Waals surface area contributed by atoms with E-state index < -0.39 is 5.97 Å². The molecule has 126 valence electrons. The Morgan fingerprint density at radius 1 is 0.857 bits per heavy atom. The lowest BCUT2D eigenvalue weighted by Crippen LogP contribution is -2.36. The Hall–Kier alpha value is -0.530. The molecule has 0 aromatic carbocycles. The van der Waals surface area contributed by atoms with E-state index in [4.69, 9.17) is 0 Å². The molecule has 0 aliphatic rings. The average Bonchev–Trinajstić information content (AvgIpc) is 2.29. The fourth-order valence-electron chi connectivity index (χ4n) is 3.67. The van der Waals surface area contributed by atoms with Crippen LogP contribution in [-0.4, -0.2) is 11.1 Å². The monoisotopic (exact) mass is 298 g/mol. The highest BCUT2D eigenvalue weighted by Gasteiger charge is 2.38. The van der Waals surface area contributed by atoms with Gasteiger partial charge < -0.3 is 5.11 Å². The number of carboxylic acid groups (broad SMARTS) is 1. The Bertz CT molecular complexity index is 307. The van der Waals surface area contributed by atoms with Crippen LogP contribution in [0.15, 0.2) is 0 Å². The Morgan fingerprint density at radius 3 is 1.57 bits per heavy atom. The first-order chi connectivity index (χ1) is 9.45. The lowest BCUT2D eigenvalue weighted by Gasteiger charge is -2.44. The van der Waals surface area contributed by atoms with Gasteiger partial charge in [0.2, 0.25) is 0 Å². The minimum atomic E-state index is -0.632. The first-order valence-electron chi connectivity index (χ1n) is 8.67. The van der Waals surface area contributed by atoms with Crippen molar-refractivity contribution in [3.05, 3.63) is 0 Å². The summed E-state index contributed by atoms with van der Waals surface area (Å²) in [6.07, 6.45) is 5.00. The average molecular weight is 299 g/mol. The number of carbonyl (C=O) groups is 1. The van der Waals surface area contributed by atoms with Gasteiger partial charge in [0.15, 0.2) is 0 Å². The van der Waals surface area contributed by atoms with Gasteiger partial charge in [0, 0.05) is 0 Å². The summed E-state index contributed by atoms with van der Waals surface area (Å²) in [6, 6.07) is 0.